The second kappa shape index (κ2) is 3.53. The van der Waals surface area contributed by atoms with Crippen LogP contribution in [0.4, 0.5) is 0 Å². The number of imidazole rings is 1. The summed E-state index contributed by atoms with van der Waals surface area (Å²) >= 11 is 0. The van der Waals surface area contributed by atoms with Gasteiger partial charge in [0.05, 0.1) is 12.0 Å². The molecule has 0 aromatic carbocycles. The average molecular weight is 153 g/mol. The Balaban J connectivity index is 2.67. The predicted octanol–water partition coefficient (Wildman–Crippen LogP) is 0.490. The van der Waals surface area contributed by atoms with Gasteiger partial charge in [-0.15, -0.1) is 0 Å². The summed E-state index contributed by atoms with van der Waals surface area (Å²) < 4.78 is 2.08. The largest absolute Gasteiger partial charge is 0.337 e. The van der Waals surface area contributed by atoms with Gasteiger partial charge in [0.1, 0.15) is 0 Å². The molecule has 1 N–H and O–H groups in total. The fourth-order valence-electron chi connectivity index (χ4n) is 1.17. The van der Waals surface area contributed by atoms with Gasteiger partial charge < -0.3 is 9.88 Å². The van der Waals surface area contributed by atoms with Crippen LogP contribution >= 0.6 is 0 Å². The summed E-state index contributed by atoms with van der Waals surface area (Å²) in [5.74, 6) is 0. The van der Waals surface area contributed by atoms with Gasteiger partial charge in [-0.05, 0) is 14.0 Å². The standard InChI is InChI=1S/C8H15N3/c1-7-8(4-5-9-2)11(3)6-10-7/h6,9H,4-5H2,1-3H3. The lowest BCUT2D eigenvalue weighted by atomic mass is 10.2. The highest BCUT2D eigenvalue weighted by atomic mass is 15.0. The van der Waals surface area contributed by atoms with Gasteiger partial charge in [0.2, 0.25) is 0 Å². The SMILES string of the molecule is CNCCc1c(C)ncn1C. The molecule has 0 aliphatic carbocycles. The van der Waals surface area contributed by atoms with Crippen LogP contribution in [0.15, 0.2) is 6.33 Å². The van der Waals surface area contributed by atoms with Crippen LogP contribution in [0.1, 0.15) is 11.4 Å². The van der Waals surface area contributed by atoms with E-state index in [0.717, 1.165) is 18.7 Å². The maximum Gasteiger partial charge on any atom is 0.0948 e. The molecule has 0 spiro atoms. The van der Waals surface area contributed by atoms with Crippen LogP contribution in [-0.2, 0) is 13.5 Å². The van der Waals surface area contributed by atoms with Crippen molar-refractivity contribution < 1.29 is 0 Å². The molecule has 1 aromatic heterocycles. The Morgan fingerprint density at radius 3 is 2.82 bits per heavy atom. The predicted molar refractivity (Wildman–Crippen MR) is 45.6 cm³/mol. The van der Waals surface area contributed by atoms with E-state index in [0.29, 0.717) is 0 Å². The first kappa shape index (κ1) is 8.27. The minimum atomic E-state index is 1.01. The molecule has 1 heterocycles. The van der Waals surface area contributed by atoms with E-state index in [1.165, 1.54) is 5.69 Å². The van der Waals surface area contributed by atoms with Crippen molar-refractivity contribution in [3.8, 4) is 0 Å². The summed E-state index contributed by atoms with van der Waals surface area (Å²) in [4.78, 5) is 4.20. The summed E-state index contributed by atoms with van der Waals surface area (Å²) in [7, 11) is 4.00. The van der Waals surface area contributed by atoms with Crippen LogP contribution in [-0.4, -0.2) is 23.1 Å². The molecule has 0 amide bonds. The summed E-state index contributed by atoms with van der Waals surface area (Å²) in [5, 5.41) is 3.12. The number of hydrogen-bond donors (Lipinski definition) is 1. The lowest BCUT2D eigenvalue weighted by Crippen LogP contribution is -2.12. The van der Waals surface area contributed by atoms with Crippen molar-refractivity contribution in [2.45, 2.75) is 13.3 Å². The molecular formula is C8H15N3. The molecule has 0 unspecified atom stereocenters. The number of likely N-dealkylation sites (N-methyl/N-ethyl adjacent to an activating group) is 1. The molecule has 0 aliphatic rings. The van der Waals surface area contributed by atoms with E-state index in [1.807, 2.05) is 27.3 Å². The van der Waals surface area contributed by atoms with Gasteiger partial charge in [0.15, 0.2) is 0 Å². The molecule has 0 saturated heterocycles. The smallest absolute Gasteiger partial charge is 0.0948 e. The topological polar surface area (TPSA) is 29.9 Å². The number of aryl methyl sites for hydroxylation is 2. The van der Waals surface area contributed by atoms with Gasteiger partial charge in [-0.1, -0.05) is 0 Å². The average Bonchev–Trinajstić information content (AvgIpc) is 2.29. The van der Waals surface area contributed by atoms with Crippen LogP contribution in [0.3, 0.4) is 0 Å². The number of hydrogen-bond acceptors (Lipinski definition) is 2. The first-order chi connectivity index (χ1) is 5.25. The van der Waals surface area contributed by atoms with Crippen LogP contribution in [0, 0.1) is 6.92 Å². The van der Waals surface area contributed by atoms with Crippen molar-refractivity contribution in [1.29, 1.82) is 0 Å². The molecule has 1 aromatic rings. The molecule has 0 aliphatic heterocycles. The number of nitrogens with zero attached hydrogens (tertiary/aromatic N) is 2. The third kappa shape index (κ3) is 1.80. The van der Waals surface area contributed by atoms with E-state index < -0.39 is 0 Å². The zero-order valence-electron chi connectivity index (χ0n) is 7.39. The van der Waals surface area contributed by atoms with Crippen molar-refractivity contribution in [1.82, 2.24) is 14.9 Å². The van der Waals surface area contributed by atoms with Gasteiger partial charge in [-0.2, -0.15) is 0 Å². The summed E-state index contributed by atoms with van der Waals surface area (Å²) in [6, 6.07) is 0. The lowest BCUT2D eigenvalue weighted by molar-refractivity contribution is 0.733. The zero-order valence-corrected chi connectivity index (χ0v) is 7.39. The van der Waals surface area contributed by atoms with Gasteiger partial charge in [0, 0.05) is 25.7 Å². The molecule has 0 bridgehead atoms. The molecule has 0 saturated carbocycles. The molecule has 3 nitrogen and oxygen atoms in total. The minimum Gasteiger partial charge on any atom is -0.337 e. The van der Waals surface area contributed by atoms with E-state index in [9.17, 15) is 0 Å². The monoisotopic (exact) mass is 153 g/mol. The van der Waals surface area contributed by atoms with Crippen LogP contribution in [0.2, 0.25) is 0 Å². The van der Waals surface area contributed by atoms with Crippen molar-refractivity contribution >= 4 is 0 Å². The maximum absolute atomic E-state index is 4.20. The fourth-order valence-corrected chi connectivity index (χ4v) is 1.17. The van der Waals surface area contributed by atoms with Crippen molar-refractivity contribution in [3.63, 3.8) is 0 Å². The Bertz CT molecular complexity index is 208. The van der Waals surface area contributed by atoms with Crippen molar-refractivity contribution in [2.75, 3.05) is 13.6 Å². The van der Waals surface area contributed by atoms with Crippen LogP contribution < -0.4 is 5.32 Å². The first-order valence-corrected chi connectivity index (χ1v) is 3.87. The van der Waals surface area contributed by atoms with Crippen LogP contribution in [0.5, 0.6) is 0 Å². The molecular weight excluding hydrogens is 138 g/mol. The van der Waals surface area contributed by atoms with Gasteiger partial charge in [-0.3, -0.25) is 0 Å². The highest BCUT2D eigenvalue weighted by molar-refractivity contribution is 5.10. The maximum atomic E-state index is 4.20. The highest BCUT2D eigenvalue weighted by Crippen LogP contribution is 2.03. The summed E-state index contributed by atoms with van der Waals surface area (Å²) in [5.41, 5.74) is 2.46. The quantitative estimate of drug-likeness (QED) is 0.685. The molecule has 0 atom stereocenters. The molecule has 3 heteroatoms. The Labute approximate surface area is 67.4 Å². The number of aromatic nitrogens is 2. The number of nitrogens with one attached hydrogen (secondary N) is 1. The van der Waals surface area contributed by atoms with E-state index in [2.05, 4.69) is 14.9 Å². The fraction of sp³-hybridized carbons (Fsp3) is 0.625. The highest BCUT2D eigenvalue weighted by Gasteiger charge is 2.01. The zero-order chi connectivity index (χ0) is 8.27. The number of rotatable bonds is 3. The minimum absolute atomic E-state index is 1.01. The third-order valence-corrected chi connectivity index (χ3v) is 1.88. The second-order valence-corrected chi connectivity index (χ2v) is 2.74. The van der Waals surface area contributed by atoms with Gasteiger partial charge in [-0.25, -0.2) is 4.98 Å². The van der Waals surface area contributed by atoms with E-state index in [1.54, 1.807) is 0 Å². The molecule has 62 valence electrons. The normalized spacial score (nSPS) is 10.5. The third-order valence-electron chi connectivity index (χ3n) is 1.88. The van der Waals surface area contributed by atoms with Gasteiger partial charge >= 0.3 is 0 Å². The molecule has 0 fully saturated rings. The Kier molecular flexibility index (Phi) is 2.65. The molecule has 0 radical (unpaired) electrons. The van der Waals surface area contributed by atoms with Gasteiger partial charge in [0.25, 0.3) is 0 Å². The van der Waals surface area contributed by atoms with E-state index in [4.69, 9.17) is 0 Å². The summed E-state index contributed by atoms with van der Waals surface area (Å²) in [6.45, 7) is 3.06. The van der Waals surface area contributed by atoms with E-state index in [-0.39, 0.29) is 0 Å². The Morgan fingerprint density at radius 1 is 1.64 bits per heavy atom. The molecule has 11 heavy (non-hydrogen) atoms. The van der Waals surface area contributed by atoms with Crippen molar-refractivity contribution in [3.05, 3.63) is 17.7 Å². The lowest BCUT2D eigenvalue weighted by Gasteiger charge is -2.02. The Morgan fingerprint density at radius 2 is 2.36 bits per heavy atom. The first-order valence-electron chi connectivity index (χ1n) is 3.87. The summed E-state index contributed by atoms with van der Waals surface area (Å²) in [6.07, 6.45) is 2.92. The van der Waals surface area contributed by atoms with E-state index >= 15 is 0 Å². The Hall–Kier alpha value is -0.830. The molecule has 1 rings (SSSR count). The second-order valence-electron chi connectivity index (χ2n) is 2.74. The van der Waals surface area contributed by atoms with Crippen molar-refractivity contribution in [2.24, 2.45) is 7.05 Å². The van der Waals surface area contributed by atoms with Crippen LogP contribution in [0.25, 0.3) is 0 Å².